The molecule has 102 valence electrons. The van der Waals surface area contributed by atoms with Gasteiger partial charge in [-0.1, -0.05) is 6.92 Å². The smallest absolute Gasteiger partial charge is 0.274 e. The Morgan fingerprint density at radius 2 is 2.17 bits per heavy atom. The third kappa shape index (κ3) is 2.72. The number of guanidine groups is 1. The Kier molecular flexibility index (Phi) is 4.00. The first kappa shape index (κ1) is 13.1. The minimum atomic E-state index is -0.606. The van der Waals surface area contributed by atoms with Crippen LogP contribution in [0.2, 0.25) is 0 Å². The average molecular weight is 256 g/mol. The van der Waals surface area contributed by atoms with Gasteiger partial charge in [-0.3, -0.25) is 0 Å². The summed E-state index contributed by atoms with van der Waals surface area (Å²) in [6.07, 6.45) is 0. The van der Waals surface area contributed by atoms with Gasteiger partial charge in [-0.15, -0.1) is 0 Å². The highest BCUT2D eigenvalue weighted by Crippen LogP contribution is 2.22. The summed E-state index contributed by atoms with van der Waals surface area (Å²) in [7, 11) is 0. The van der Waals surface area contributed by atoms with Crippen molar-refractivity contribution in [2.45, 2.75) is 13.8 Å². The molecular formula is C11H20N4O3. The topological polar surface area (TPSA) is 71.2 Å². The van der Waals surface area contributed by atoms with Gasteiger partial charge in [0, 0.05) is 38.7 Å². The third-order valence-electron chi connectivity index (χ3n) is 3.73. The SMILES string of the molecule is CCN1CCN(CC2COCC2C)C1=N[N+](=O)[O-]. The first-order chi connectivity index (χ1) is 8.61. The summed E-state index contributed by atoms with van der Waals surface area (Å²) in [4.78, 5) is 14.6. The molecule has 0 saturated carbocycles. The van der Waals surface area contributed by atoms with Crippen LogP contribution in [0.15, 0.2) is 5.10 Å². The Balaban J connectivity index is 2.04. The molecule has 0 aliphatic carbocycles. The monoisotopic (exact) mass is 256 g/mol. The van der Waals surface area contributed by atoms with Gasteiger partial charge in [-0.25, -0.2) is 10.1 Å². The van der Waals surface area contributed by atoms with Crippen molar-refractivity contribution in [3.63, 3.8) is 0 Å². The fourth-order valence-corrected chi connectivity index (χ4v) is 2.53. The van der Waals surface area contributed by atoms with E-state index in [0.717, 1.165) is 39.4 Å². The summed E-state index contributed by atoms with van der Waals surface area (Å²) < 4.78 is 5.44. The molecule has 0 bridgehead atoms. The molecule has 2 fully saturated rings. The molecule has 7 nitrogen and oxygen atoms in total. The number of likely N-dealkylation sites (N-methyl/N-ethyl adjacent to an activating group) is 1. The molecule has 2 aliphatic heterocycles. The van der Waals surface area contributed by atoms with Crippen LogP contribution < -0.4 is 0 Å². The predicted molar refractivity (Wildman–Crippen MR) is 66.7 cm³/mol. The Morgan fingerprint density at radius 3 is 2.72 bits per heavy atom. The van der Waals surface area contributed by atoms with Crippen LogP contribution in [0.25, 0.3) is 0 Å². The van der Waals surface area contributed by atoms with Crippen LogP contribution in [0.5, 0.6) is 0 Å². The van der Waals surface area contributed by atoms with E-state index in [0.29, 0.717) is 17.8 Å². The second kappa shape index (κ2) is 5.51. The molecule has 0 N–H and O–H groups in total. The fraction of sp³-hybridized carbons (Fsp3) is 0.909. The average Bonchev–Trinajstić information content (AvgIpc) is 2.88. The summed E-state index contributed by atoms with van der Waals surface area (Å²) in [5.41, 5.74) is 0. The Hall–Kier alpha value is -1.37. The van der Waals surface area contributed by atoms with E-state index < -0.39 is 5.03 Å². The summed E-state index contributed by atoms with van der Waals surface area (Å²) in [5, 5.41) is 13.5. The van der Waals surface area contributed by atoms with E-state index in [1.165, 1.54) is 0 Å². The van der Waals surface area contributed by atoms with Gasteiger partial charge in [0.15, 0.2) is 5.03 Å². The lowest BCUT2D eigenvalue weighted by Gasteiger charge is -2.23. The van der Waals surface area contributed by atoms with Crippen molar-refractivity contribution in [3.8, 4) is 0 Å². The maximum Gasteiger partial charge on any atom is 0.274 e. The Labute approximate surface area is 107 Å². The van der Waals surface area contributed by atoms with Crippen LogP contribution >= 0.6 is 0 Å². The second-order valence-corrected chi connectivity index (χ2v) is 4.94. The van der Waals surface area contributed by atoms with E-state index in [2.05, 4.69) is 12.0 Å². The molecule has 2 aliphatic rings. The summed E-state index contributed by atoms with van der Waals surface area (Å²) >= 11 is 0. The molecule has 18 heavy (non-hydrogen) atoms. The molecule has 2 saturated heterocycles. The molecule has 2 rings (SSSR count). The van der Waals surface area contributed by atoms with Crippen molar-refractivity contribution in [3.05, 3.63) is 10.1 Å². The van der Waals surface area contributed by atoms with Crippen LogP contribution in [0, 0.1) is 22.0 Å². The first-order valence-electron chi connectivity index (χ1n) is 6.42. The molecule has 2 atom stereocenters. The van der Waals surface area contributed by atoms with Gasteiger partial charge < -0.3 is 14.5 Å². The van der Waals surface area contributed by atoms with E-state index in [1.807, 2.05) is 16.7 Å². The Bertz CT molecular complexity index is 347. The number of hydrogen-bond donors (Lipinski definition) is 0. The van der Waals surface area contributed by atoms with Crippen molar-refractivity contribution in [2.75, 3.05) is 39.4 Å². The van der Waals surface area contributed by atoms with Crippen LogP contribution in [-0.4, -0.2) is 60.2 Å². The van der Waals surface area contributed by atoms with Gasteiger partial charge in [0.05, 0.1) is 6.61 Å². The van der Waals surface area contributed by atoms with Gasteiger partial charge in [-0.05, 0) is 12.8 Å². The van der Waals surface area contributed by atoms with Gasteiger partial charge in [0.25, 0.3) is 5.96 Å². The molecule has 2 heterocycles. The minimum Gasteiger partial charge on any atom is -0.381 e. The van der Waals surface area contributed by atoms with E-state index in [-0.39, 0.29) is 0 Å². The van der Waals surface area contributed by atoms with Crippen LogP contribution in [0.1, 0.15) is 13.8 Å². The summed E-state index contributed by atoms with van der Waals surface area (Å²) in [6.45, 7) is 8.85. The molecule has 2 unspecified atom stereocenters. The number of hydrazone groups is 1. The minimum absolute atomic E-state index is 0.443. The molecule has 0 radical (unpaired) electrons. The standard InChI is InChI=1S/C11H20N4O3/c1-3-13-4-5-14(11(13)12-15(16)17)6-10-8-18-7-9(10)2/h9-10H,3-8H2,1-2H3. The van der Waals surface area contributed by atoms with Gasteiger partial charge >= 0.3 is 0 Å². The summed E-state index contributed by atoms with van der Waals surface area (Å²) in [6, 6.07) is 0. The number of hydrogen-bond acceptors (Lipinski definition) is 3. The van der Waals surface area contributed by atoms with Crippen LogP contribution in [0.4, 0.5) is 0 Å². The van der Waals surface area contributed by atoms with Crippen molar-refractivity contribution in [2.24, 2.45) is 16.9 Å². The van der Waals surface area contributed by atoms with Gasteiger partial charge in [-0.2, -0.15) is 0 Å². The number of rotatable bonds is 4. The van der Waals surface area contributed by atoms with E-state index >= 15 is 0 Å². The van der Waals surface area contributed by atoms with E-state index in [9.17, 15) is 10.1 Å². The molecule has 0 spiro atoms. The highest BCUT2D eigenvalue weighted by atomic mass is 16.7. The molecule has 0 amide bonds. The number of ether oxygens (including phenoxy) is 1. The fourth-order valence-electron chi connectivity index (χ4n) is 2.53. The van der Waals surface area contributed by atoms with Crippen molar-refractivity contribution in [1.29, 1.82) is 0 Å². The van der Waals surface area contributed by atoms with Crippen LogP contribution in [-0.2, 0) is 4.74 Å². The van der Waals surface area contributed by atoms with Crippen molar-refractivity contribution < 1.29 is 9.77 Å². The lowest BCUT2D eigenvalue weighted by Crippen LogP contribution is -2.38. The number of nitrogens with zero attached hydrogens (tertiary/aromatic N) is 4. The zero-order valence-electron chi connectivity index (χ0n) is 10.9. The highest BCUT2D eigenvalue weighted by molar-refractivity contribution is 5.81. The molecule has 0 aromatic heterocycles. The third-order valence-corrected chi connectivity index (χ3v) is 3.73. The maximum atomic E-state index is 10.6. The first-order valence-corrected chi connectivity index (χ1v) is 6.42. The lowest BCUT2D eigenvalue weighted by atomic mass is 9.98. The maximum absolute atomic E-state index is 10.6. The van der Waals surface area contributed by atoms with E-state index in [4.69, 9.17) is 4.74 Å². The molecule has 7 heteroatoms. The summed E-state index contributed by atoms with van der Waals surface area (Å²) in [5.74, 6) is 1.46. The van der Waals surface area contributed by atoms with Gasteiger partial charge in [0.2, 0.25) is 0 Å². The second-order valence-electron chi connectivity index (χ2n) is 4.94. The van der Waals surface area contributed by atoms with Crippen molar-refractivity contribution >= 4 is 5.96 Å². The quantitative estimate of drug-likeness (QED) is 0.539. The van der Waals surface area contributed by atoms with E-state index in [1.54, 1.807) is 0 Å². The highest BCUT2D eigenvalue weighted by Gasteiger charge is 2.33. The largest absolute Gasteiger partial charge is 0.381 e. The predicted octanol–water partition coefficient (Wildman–Crippen LogP) is 0.454. The zero-order valence-corrected chi connectivity index (χ0v) is 10.9. The zero-order chi connectivity index (χ0) is 13.1. The normalized spacial score (nSPS) is 30.4. The molecular weight excluding hydrogens is 236 g/mol. The Morgan fingerprint density at radius 1 is 1.44 bits per heavy atom. The number of nitro groups is 1. The molecule has 0 aromatic rings. The van der Waals surface area contributed by atoms with Crippen LogP contribution in [0.3, 0.4) is 0 Å². The molecule has 0 aromatic carbocycles. The van der Waals surface area contributed by atoms with Crippen molar-refractivity contribution in [1.82, 2.24) is 9.80 Å². The lowest BCUT2D eigenvalue weighted by molar-refractivity contribution is -0.486. The van der Waals surface area contributed by atoms with Gasteiger partial charge in [0.1, 0.15) is 5.10 Å².